The summed E-state index contributed by atoms with van der Waals surface area (Å²) in [4.78, 5) is 11.1. The fraction of sp³-hybridized carbons (Fsp3) is 0.625. The molecule has 1 aliphatic heterocycles. The predicted molar refractivity (Wildman–Crippen MR) is 42.2 cm³/mol. The molecule has 0 radical (unpaired) electrons. The largest absolute Gasteiger partial charge is 0.368 e. The topological polar surface area (TPSA) is 38.3 Å². The van der Waals surface area contributed by atoms with Crippen LogP contribution >= 0.6 is 0 Å². The maximum atomic E-state index is 11.1. The van der Waals surface area contributed by atoms with Crippen LogP contribution in [0.25, 0.3) is 0 Å². The first-order valence-corrected chi connectivity index (χ1v) is 3.85. The van der Waals surface area contributed by atoms with Crippen molar-refractivity contribution in [2.24, 2.45) is 0 Å². The molecule has 62 valence electrons. The molecule has 1 rings (SSSR count). The molecule has 1 atom stereocenters. The van der Waals surface area contributed by atoms with E-state index < -0.39 is 0 Å². The summed E-state index contributed by atoms with van der Waals surface area (Å²) in [6.45, 7) is 4.74. The minimum absolute atomic E-state index is 0.0117. The Balaban J connectivity index is 2.22. The third-order valence-corrected chi connectivity index (χ3v) is 1.64. The summed E-state index contributed by atoms with van der Waals surface area (Å²) in [5.74, 6) is -0.0117. The minimum atomic E-state index is -0.213. The zero-order valence-electron chi connectivity index (χ0n) is 6.51. The smallest absolute Gasteiger partial charge is 0.249 e. The lowest BCUT2D eigenvalue weighted by Gasteiger charge is -2.07. The highest BCUT2D eigenvalue weighted by atomic mass is 16.5. The van der Waals surface area contributed by atoms with Crippen LogP contribution in [0.1, 0.15) is 12.8 Å². The van der Waals surface area contributed by atoms with Crippen LogP contribution in [0, 0.1) is 0 Å². The lowest BCUT2D eigenvalue weighted by atomic mass is 10.2. The van der Waals surface area contributed by atoms with Gasteiger partial charge in [-0.2, -0.15) is 0 Å². The predicted octanol–water partition coefficient (Wildman–Crippen LogP) is 0.468. The van der Waals surface area contributed by atoms with Gasteiger partial charge < -0.3 is 10.1 Å². The van der Waals surface area contributed by atoms with Gasteiger partial charge in [0.1, 0.15) is 6.10 Å². The molecule has 11 heavy (non-hydrogen) atoms. The highest BCUT2D eigenvalue weighted by Gasteiger charge is 2.22. The Morgan fingerprint density at radius 3 is 3.18 bits per heavy atom. The summed E-state index contributed by atoms with van der Waals surface area (Å²) < 4.78 is 5.17. The maximum absolute atomic E-state index is 11.1. The first-order chi connectivity index (χ1) is 5.34. The average Bonchev–Trinajstić information content (AvgIpc) is 2.52. The van der Waals surface area contributed by atoms with E-state index in [0.717, 1.165) is 12.8 Å². The molecule has 0 spiro atoms. The van der Waals surface area contributed by atoms with E-state index in [1.165, 1.54) is 0 Å². The third kappa shape index (κ3) is 2.35. The van der Waals surface area contributed by atoms with E-state index in [9.17, 15) is 4.79 Å². The minimum Gasteiger partial charge on any atom is -0.368 e. The fourth-order valence-corrected chi connectivity index (χ4v) is 1.07. The lowest BCUT2D eigenvalue weighted by molar-refractivity contribution is -0.129. The summed E-state index contributed by atoms with van der Waals surface area (Å²) in [5, 5.41) is 2.69. The van der Waals surface area contributed by atoms with Crippen LogP contribution in [0.3, 0.4) is 0 Å². The van der Waals surface area contributed by atoms with Gasteiger partial charge in [0.2, 0.25) is 5.91 Å². The second-order valence-corrected chi connectivity index (χ2v) is 2.54. The molecular weight excluding hydrogens is 142 g/mol. The van der Waals surface area contributed by atoms with Crippen LogP contribution < -0.4 is 5.32 Å². The van der Waals surface area contributed by atoms with Crippen LogP contribution in [0.2, 0.25) is 0 Å². The van der Waals surface area contributed by atoms with E-state index in [1.54, 1.807) is 6.08 Å². The van der Waals surface area contributed by atoms with E-state index in [1.807, 2.05) is 0 Å². The van der Waals surface area contributed by atoms with Crippen molar-refractivity contribution in [3.05, 3.63) is 12.7 Å². The summed E-state index contributed by atoms with van der Waals surface area (Å²) in [7, 11) is 0. The standard InChI is InChI=1S/C8H13NO2/c1-2-5-9-8(10)7-4-3-6-11-7/h2,7H,1,3-6H2,(H,9,10). The van der Waals surface area contributed by atoms with Gasteiger partial charge in [0.05, 0.1) is 0 Å². The van der Waals surface area contributed by atoms with Gasteiger partial charge in [0.15, 0.2) is 0 Å². The molecule has 1 N–H and O–H groups in total. The van der Waals surface area contributed by atoms with Gasteiger partial charge in [0, 0.05) is 13.2 Å². The first kappa shape index (κ1) is 8.27. The number of hydrogen-bond acceptors (Lipinski definition) is 2. The molecule has 0 saturated carbocycles. The number of nitrogens with one attached hydrogen (secondary N) is 1. The van der Waals surface area contributed by atoms with E-state index in [2.05, 4.69) is 11.9 Å². The Labute approximate surface area is 66.4 Å². The second kappa shape index (κ2) is 4.13. The average molecular weight is 155 g/mol. The molecule has 1 saturated heterocycles. The Bertz CT molecular complexity index is 150. The number of carbonyl (C=O) groups excluding carboxylic acids is 1. The Morgan fingerprint density at radius 1 is 1.82 bits per heavy atom. The SMILES string of the molecule is C=CCNC(=O)C1CCCO1. The molecule has 0 aromatic carbocycles. The molecule has 0 aliphatic carbocycles. The molecule has 3 heteroatoms. The van der Waals surface area contributed by atoms with Crippen LogP contribution in [0.5, 0.6) is 0 Å². The van der Waals surface area contributed by atoms with Gasteiger partial charge >= 0.3 is 0 Å². The van der Waals surface area contributed by atoms with Crippen LogP contribution in [-0.4, -0.2) is 25.2 Å². The zero-order valence-corrected chi connectivity index (χ0v) is 6.51. The molecule has 0 aromatic rings. The van der Waals surface area contributed by atoms with Gasteiger partial charge in [-0.3, -0.25) is 4.79 Å². The monoisotopic (exact) mass is 155 g/mol. The summed E-state index contributed by atoms with van der Waals surface area (Å²) in [6, 6.07) is 0. The van der Waals surface area contributed by atoms with E-state index in [-0.39, 0.29) is 12.0 Å². The molecule has 1 heterocycles. The first-order valence-electron chi connectivity index (χ1n) is 3.85. The van der Waals surface area contributed by atoms with Gasteiger partial charge in [-0.25, -0.2) is 0 Å². The molecule has 1 amide bonds. The van der Waals surface area contributed by atoms with E-state index >= 15 is 0 Å². The quantitative estimate of drug-likeness (QED) is 0.601. The van der Waals surface area contributed by atoms with Gasteiger partial charge in [-0.1, -0.05) is 6.08 Å². The van der Waals surface area contributed by atoms with Crippen molar-refractivity contribution in [1.29, 1.82) is 0 Å². The van der Waals surface area contributed by atoms with Gasteiger partial charge in [-0.15, -0.1) is 6.58 Å². The summed E-state index contributed by atoms with van der Waals surface area (Å²) in [6.07, 6.45) is 3.29. The molecular formula is C8H13NO2. The highest BCUT2D eigenvalue weighted by molar-refractivity contribution is 5.81. The molecule has 0 aromatic heterocycles. The van der Waals surface area contributed by atoms with Crippen LogP contribution in [0.4, 0.5) is 0 Å². The van der Waals surface area contributed by atoms with Crippen molar-refractivity contribution in [3.8, 4) is 0 Å². The van der Waals surface area contributed by atoms with E-state index in [4.69, 9.17) is 4.74 Å². The van der Waals surface area contributed by atoms with Crippen molar-refractivity contribution < 1.29 is 9.53 Å². The van der Waals surface area contributed by atoms with Gasteiger partial charge in [0.25, 0.3) is 0 Å². The van der Waals surface area contributed by atoms with Crippen LogP contribution in [0.15, 0.2) is 12.7 Å². The zero-order chi connectivity index (χ0) is 8.10. The number of ether oxygens (including phenoxy) is 1. The Morgan fingerprint density at radius 2 is 2.64 bits per heavy atom. The fourth-order valence-electron chi connectivity index (χ4n) is 1.07. The lowest BCUT2D eigenvalue weighted by Crippen LogP contribution is -2.33. The molecule has 1 unspecified atom stereocenters. The maximum Gasteiger partial charge on any atom is 0.249 e. The normalized spacial score (nSPS) is 23.1. The molecule has 1 aliphatic rings. The van der Waals surface area contributed by atoms with Gasteiger partial charge in [-0.05, 0) is 12.8 Å². The number of rotatable bonds is 3. The third-order valence-electron chi connectivity index (χ3n) is 1.64. The van der Waals surface area contributed by atoms with Crippen molar-refractivity contribution >= 4 is 5.91 Å². The number of amides is 1. The van der Waals surface area contributed by atoms with Crippen molar-refractivity contribution in [3.63, 3.8) is 0 Å². The number of carbonyl (C=O) groups is 1. The molecule has 1 fully saturated rings. The second-order valence-electron chi connectivity index (χ2n) is 2.54. The number of hydrogen-bond donors (Lipinski definition) is 1. The van der Waals surface area contributed by atoms with Crippen molar-refractivity contribution in [1.82, 2.24) is 5.32 Å². The van der Waals surface area contributed by atoms with Crippen molar-refractivity contribution in [2.45, 2.75) is 18.9 Å². The Kier molecular flexibility index (Phi) is 3.11. The molecule has 3 nitrogen and oxygen atoms in total. The van der Waals surface area contributed by atoms with E-state index in [0.29, 0.717) is 13.2 Å². The summed E-state index contributed by atoms with van der Waals surface area (Å²) >= 11 is 0. The Hall–Kier alpha value is -0.830. The van der Waals surface area contributed by atoms with Crippen LogP contribution in [-0.2, 0) is 9.53 Å². The molecule has 0 bridgehead atoms. The summed E-state index contributed by atoms with van der Waals surface area (Å²) in [5.41, 5.74) is 0. The highest BCUT2D eigenvalue weighted by Crippen LogP contribution is 2.11. The van der Waals surface area contributed by atoms with Crippen molar-refractivity contribution in [2.75, 3.05) is 13.2 Å².